The maximum atomic E-state index is 12.7. The van der Waals surface area contributed by atoms with Gasteiger partial charge in [0.2, 0.25) is 0 Å². The van der Waals surface area contributed by atoms with Crippen LogP contribution in [0.25, 0.3) is 22.4 Å². The topological polar surface area (TPSA) is 24.9 Å². The van der Waals surface area contributed by atoms with Gasteiger partial charge in [-0.15, -0.1) is 11.3 Å². The zero-order valence-electron chi connectivity index (χ0n) is 12.1. The summed E-state index contributed by atoms with van der Waals surface area (Å²) in [4.78, 5) is 5.78. The van der Waals surface area contributed by atoms with E-state index in [4.69, 9.17) is 0 Å². The first-order valence-electron chi connectivity index (χ1n) is 7.13. The van der Waals surface area contributed by atoms with Crippen LogP contribution in [0.1, 0.15) is 16.0 Å². The fourth-order valence-electron chi connectivity index (χ4n) is 2.90. The molecule has 0 spiro atoms. The van der Waals surface area contributed by atoms with E-state index >= 15 is 0 Å². The van der Waals surface area contributed by atoms with Crippen molar-refractivity contribution in [2.24, 2.45) is 0 Å². The lowest BCUT2D eigenvalue weighted by atomic mass is 9.99. The van der Waals surface area contributed by atoms with Crippen LogP contribution in [-0.2, 0) is 12.6 Å². The van der Waals surface area contributed by atoms with Crippen LogP contribution in [0, 0.1) is 0 Å². The van der Waals surface area contributed by atoms with Crippen LogP contribution in [0.5, 0.6) is 0 Å². The number of anilines is 1. The quantitative estimate of drug-likeness (QED) is 0.288. The van der Waals surface area contributed by atoms with Crippen LogP contribution in [0.4, 0.5) is 18.3 Å². The SMILES string of the molecule is FC(F)(F)c1ccc(-c2ccc3c(c2)Cc2sc(NI)nc2-3)cc1. The van der Waals surface area contributed by atoms with E-state index < -0.39 is 11.7 Å². The van der Waals surface area contributed by atoms with Crippen LogP contribution in [0.2, 0.25) is 0 Å². The number of aromatic nitrogens is 1. The highest BCUT2D eigenvalue weighted by Crippen LogP contribution is 2.42. The number of fused-ring (bicyclic) bond motifs is 3. The Bertz CT molecular complexity index is 917. The molecule has 0 bridgehead atoms. The third-order valence-electron chi connectivity index (χ3n) is 4.04. The maximum Gasteiger partial charge on any atom is 0.416 e. The molecular formula is C17H10F3IN2S. The van der Waals surface area contributed by atoms with Gasteiger partial charge in [-0.25, -0.2) is 4.98 Å². The lowest BCUT2D eigenvalue weighted by molar-refractivity contribution is -0.137. The summed E-state index contributed by atoms with van der Waals surface area (Å²) in [5.74, 6) is 0. The number of nitrogens with zero attached hydrogens (tertiary/aromatic N) is 1. The molecule has 1 aliphatic rings. The van der Waals surface area contributed by atoms with E-state index in [1.54, 1.807) is 11.3 Å². The minimum Gasteiger partial charge on any atom is -0.304 e. The number of hydrogen-bond donors (Lipinski definition) is 1. The molecule has 1 aromatic heterocycles. The zero-order valence-corrected chi connectivity index (χ0v) is 15.1. The summed E-state index contributed by atoms with van der Waals surface area (Å²) >= 11 is 3.69. The van der Waals surface area contributed by atoms with Gasteiger partial charge in [-0.1, -0.05) is 30.3 Å². The van der Waals surface area contributed by atoms with E-state index in [9.17, 15) is 13.2 Å². The number of hydrogen-bond acceptors (Lipinski definition) is 3. The number of alkyl halides is 3. The average Bonchev–Trinajstić information content (AvgIpc) is 3.10. The van der Waals surface area contributed by atoms with Crippen molar-refractivity contribution in [2.75, 3.05) is 3.53 Å². The molecule has 0 atom stereocenters. The van der Waals surface area contributed by atoms with E-state index in [0.717, 1.165) is 46.1 Å². The van der Waals surface area contributed by atoms with Crippen LogP contribution in [0.15, 0.2) is 42.5 Å². The Kier molecular flexibility index (Phi) is 3.80. The van der Waals surface area contributed by atoms with Crippen LogP contribution < -0.4 is 3.53 Å². The smallest absolute Gasteiger partial charge is 0.304 e. The molecule has 0 saturated carbocycles. The predicted molar refractivity (Wildman–Crippen MR) is 98.4 cm³/mol. The molecule has 0 fully saturated rings. The van der Waals surface area contributed by atoms with Gasteiger partial charge < -0.3 is 3.53 Å². The second-order valence-corrected chi connectivity index (χ2v) is 7.13. The number of nitrogens with one attached hydrogen (secondary N) is 1. The molecule has 24 heavy (non-hydrogen) atoms. The average molecular weight is 458 g/mol. The van der Waals surface area contributed by atoms with Crippen LogP contribution >= 0.6 is 34.2 Å². The normalized spacial score (nSPS) is 12.8. The standard InChI is InChI=1S/C17H10F3IN2S/c18-17(19,20)12-4-1-9(2-5-12)10-3-6-13-11(7-10)8-14-15(13)22-16(23-21)24-14/h1-7H,8H2,(H,22,23). The predicted octanol–water partition coefficient (Wildman–Crippen LogP) is 6.16. The van der Waals surface area contributed by atoms with Crippen molar-refractivity contribution in [1.29, 1.82) is 0 Å². The Morgan fingerprint density at radius 3 is 2.42 bits per heavy atom. The van der Waals surface area contributed by atoms with Crippen molar-refractivity contribution < 1.29 is 13.2 Å². The molecule has 0 radical (unpaired) electrons. The molecule has 1 aliphatic carbocycles. The van der Waals surface area contributed by atoms with E-state index in [-0.39, 0.29) is 0 Å². The van der Waals surface area contributed by atoms with Crippen molar-refractivity contribution in [2.45, 2.75) is 12.6 Å². The molecule has 0 amide bonds. The van der Waals surface area contributed by atoms with Gasteiger partial charge in [0.15, 0.2) is 5.13 Å². The minimum absolute atomic E-state index is 0.627. The van der Waals surface area contributed by atoms with Crippen molar-refractivity contribution in [3.63, 3.8) is 0 Å². The first-order valence-corrected chi connectivity index (χ1v) is 9.02. The van der Waals surface area contributed by atoms with Gasteiger partial charge in [-0.2, -0.15) is 13.2 Å². The summed E-state index contributed by atoms with van der Waals surface area (Å²) in [6.07, 6.45) is -3.49. The van der Waals surface area contributed by atoms with Gasteiger partial charge in [0.05, 0.1) is 34.1 Å². The molecule has 7 heteroatoms. The Hall–Kier alpha value is -1.61. The number of rotatable bonds is 2. The Labute approximate surface area is 154 Å². The molecule has 0 aliphatic heterocycles. The van der Waals surface area contributed by atoms with E-state index in [2.05, 4.69) is 31.4 Å². The number of thiazole rings is 1. The Morgan fingerprint density at radius 1 is 1.04 bits per heavy atom. The van der Waals surface area contributed by atoms with Gasteiger partial charge in [0.25, 0.3) is 0 Å². The molecule has 2 aromatic carbocycles. The van der Waals surface area contributed by atoms with Gasteiger partial charge in [0.1, 0.15) is 0 Å². The summed E-state index contributed by atoms with van der Waals surface area (Å²) in [6.45, 7) is 0. The highest BCUT2D eigenvalue weighted by atomic mass is 127. The van der Waals surface area contributed by atoms with Crippen LogP contribution in [0.3, 0.4) is 0 Å². The molecular weight excluding hydrogens is 448 g/mol. The molecule has 0 saturated heterocycles. The summed E-state index contributed by atoms with van der Waals surface area (Å²) in [5, 5.41) is 0.887. The number of halogens is 4. The van der Waals surface area contributed by atoms with Crippen LogP contribution in [-0.4, -0.2) is 4.98 Å². The molecule has 4 rings (SSSR count). The van der Waals surface area contributed by atoms with Gasteiger partial charge in [-0.3, -0.25) is 0 Å². The molecule has 0 unspecified atom stereocenters. The third-order valence-corrected chi connectivity index (χ3v) is 5.88. The monoisotopic (exact) mass is 458 g/mol. The zero-order chi connectivity index (χ0) is 16.9. The first-order chi connectivity index (χ1) is 11.5. The maximum absolute atomic E-state index is 12.7. The first kappa shape index (κ1) is 15.9. The fraction of sp³-hybridized carbons (Fsp3) is 0.118. The van der Waals surface area contributed by atoms with Gasteiger partial charge in [0, 0.05) is 16.9 Å². The highest BCUT2D eigenvalue weighted by Gasteiger charge is 2.30. The molecule has 122 valence electrons. The van der Waals surface area contributed by atoms with E-state index in [1.165, 1.54) is 22.6 Å². The largest absolute Gasteiger partial charge is 0.416 e. The molecule has 2 nitrogen and oxygen atoms in total. The van der Waals surface area contributed by atoms with Crippen molar-refractivity contribution in [3.8, 4) is 22.4 Å². The molecule has 3 aromatic rings. The van der Waals surface area contributed by atoms with Crippen molar-refractivity contribution >= 4 is 39.3 Å². The highest BCUT2D eigenvalue weighted by molar-refractivity contribution is 14.1. The summed E-state index contributed by atoms with van der Waals surface area (Å²) < 4.78 is 41.0. The van der Waals surface area contributed by atoms with E-state index in [1.807, 2.05) is 18.2 Å². The third kappa shape index (κ3) is 2.69. The summed E-state index contributed by atoms with van der Waals surface area (Å²) in [6, 6.07) is 11.3. The summed E-state index contributed by atoms with van der Waals surface area (Å²) in [5.41, 5.74) is 4.36. The lowest BCUT2D eigenvalue weighted by Crippen LogP contribution is -2.03. The second kappa shape index (κ2) is 5.73. The van der Waals surface area contributed by atoms with Gasteiger partial charge in [-0.05, 0) is 28.8 Å². The van der Waals surface area contributed by atoms with Gasteiger partial charge >= 0.3 is 6.18 Å². The fourth-order valence-corrected chi connectivity index (χ4v) is 4.24. The minimum atomic E-state index is -4.30. The van der Waals surface area contributed by atoms with E-state index in [0.29, 0.717) is 0 Å². The molecule has 1 N–H and O–H groups in total. The van der Waals surface area contributed by atoms with Crippen molar-refractivity contribution in [3.05, 3.63) is 58.5 Å². The Morgan fingerprint density at radius 2 is 1.75 bits per heavy atom. The second-order valence-electron chi connectivity index (χ2n) is 5.51. The van der Waals surface area contributed by atoms with Crippen molar-refractivity contribution in [1.82, 2.24) is 4.98 Å². The lowest BCUT2D eigenvalue weighted by Gasteiger charge is -2.09. The number of benzene rings is 2. The molecule has 1 heterocycles. The summed E-state index contributed by atoms with van der Waals surface area (Å²) in [7, 11) is 0. The Balaban J connectivity index is 1.68.